The number of carbonyl (C=O) groups excluding carboxylic acids is 2. The number of rotatable bonds is 7. The average Bonchev–Trinajstić information content (AvgIpc) is 2.79. The van der Waals surface area contributed by atoms with Crippen LogP contribution in [0.15, 0.2) is 77.9 Å². The number of aryl methyl sites for hydroxylation is 1. The van der Waals surface area contributed by atoms with E-state index in [1.54, 1.807) is 18.2 Å². The van der Waals surface area contributed by atoms with Crippen LogP contribution in [-0.2, 0) is 16.2 Å². The normalized spacial score (nSPS) is 10.5. The van der Waals surface area contributed by atoms with E-state index >= 15 is 0 Å². The first-order valence-electron chi connectivity index (χ1n) is 9.61. The van der Waals surface area contributed by atoms with Gasteiger partial charge >= 0.3 is 11.8 Å². The summed E-state index contributed by atoms with van der Waals surface area (Å²) in [5.41, 5.74) is 5.25. The molecular formula is C24H23N3O4. The second kappa shape index (κ2) is 10.6. The Morgan fingerprint density at radius 2 is 1.68 bits per heavy atom. The number of ether oxygens (including phenoxy) is 2. The number of para-hydroxylation sites is 1. The van der Waals surface area contributed by atoms with Crippen molar-refractivity contribution in [2.75, 3.05) is 12.4 Å². The molecule has 158 valence electrons. The fourth-order valence-electron chi connectivity index (χ4n) is 2.76. The lowest BCUT2D eigenvalue weighted by Gasteiger charge is -2.10. The number of amides is 2. The Morgan fingerprint density at radius 3 is 2.45 bits per heavy atom. The third-order valence-corrected chi connectivity index (χ3v) is 4.34. The van der Waals surface area contributed by atoms with Gasteiger partial charge in [-0.1, -0.05) is 48.5 Å². The quantitative estimate of drug-likeness (QED) is 0.349. The molecule has 3 rings (SSSR count). The highest BCUT2D eigenvalue weighted by Crippen LogP contribution is 2.25. The van der Waals surface area contributed by atoms with Gasteiger partial charge < -0.3 is 14.8 Å². The molecule has 0 unspecified atom stereocenters. The van der Waals surface area contributed by atoms with Gasteiger partial charge in [0.15, 0.2) is 0 Å². The van der Waals surface area contributed by atoms with Crippen LogP contribution in [-0.4, -0.2) is 25.1 Å². The maximum Gasteiger partial charge on any atom is 0.329 e. The maximum atomic E-state index is 12.2. The van der Waals surface area contributed by atoms with E-state index in [-0.39, 0.29) is 0 Å². The molecule has 3 aromatic carbocycles. The van der Waals surface area contributed by atoms with Crippen LogP contribution in [0.2, 0.25) is 0 Å². The standard InChI is InChI=1S/C24H23N3O4/c1-17-12-13-22(30-2)20(14-17)26-23(28)24(29)27-25-15-19-10-6-7-11-21(19)31-16-18-8-4-3-5-9-18/h3-15H,16H2,1-2H3,(H,26,28)(H,27,29)/b25-15-. The molecular weight excluding hydrogens is 394 g/mol. The van der Waals surface area contributed by atoms with Crippen molar-refractivity contribution < 1.29 is 19.1 Å². The Labute approximate surface area is 180 Å². The first-order valence-corrected chi connectivity index (χ1v) is 9.61. The number of benzene rings is 3. The van der Waals surface area contributed by atoms with E-state index in [0.29, 0.717) is 29.4 Å². The number of methoxy groups -OCH3 is 1. The van der Waals surface area contributed by atoms with Crippen molar-refractivity contribution >= 4 is 23.7 Å². The summed E-state index contributed by atoms with van der Waals surface area (Å²) in [6.07, 6.45) is 1.43. The van der Waals surface area contributed by atoms with E-state index < -0.39 is 11.8 Å². The van der Waals surface area contributed by atoms with Gasteiger partial charge in [0.1, 0.15) is 18.1 Å². The second-order valence-corrected chi connectivity index (χ2v) is 6.67. The van der Waals surface area contributed by atoms with Crippen molar-refractivity contribution in [1.29, 1.82) is 0 Å². The molecule has 0 saturated heterocycles. The van der Waals surface area contributed by atoms with Crippen LogP contribution in [0, 0.1) is 6.92 Å². The van der Waals surface area contributed by atoms with E-state index in [9.17, 15) is 9.59 Å². The lowest BCUT2D eigenvalue weighted by atomic mass is 10.2. The molecule has 0 radical (unpaired) electrons. The SMILES string of the molecule is COc1ccc(C)cc1NC(=O)C(=O)N/N=C\c1ccccc1OCc1ccccc1. The Morgan fingerprint density at radius 1 is 0.935 bits per heavy atom. The van der Waals surface area contributed by atoms with Gasteiger partial charge in [0.2, 0.25) is 0 Å². The summed E-state index contributed by atoms with van der Waals surface area (Å²) in [5.74, 6) is -0.685. The van der Waals surface area contributed by atoms with Crippen LogP contribution in [0.25, 0.3) is 0 Å². The Hall–Kier alpha value is -4.13. The van der Waals surface area contributed by atoms with Gasteiger partial charge in [0, 0.05) is 5.56 Å². The number of nitrogens with zero attached hydrogens (tertiary/aromatic N) is 1. The summed E-state index contributed by atoms with van der Waals surface area (Å²) in [4.78, 5) is 24.3. The van der Waals surface area contributed by atoms with E-state index in [0.717, 1.165) is 11.1 Å². The van der Waals surface area contributed by atoms with Gasteiger partial charge in [-0.25, -0.2) is 5.43 Å². The predicted octanol–water partition coefficient (Wildman–Crippen LogP) is 3.67. The summed E-state index contributed by atoms with van der Waals surface area (Å²) in [5, 5.41) is 6.41. The molecule has 0 aromatic heterocycles. The van der Waals surface area contributed by atoms with Crippen molar-refractivity contribution in [3.8, 4) is 11.5 Å². The largest absolute Gasteiger partial charge is 0.495 e. The van der Waals surface area contributed by atoms with E-state index in [2.05, 4.69) is 15.8 Å². The molecule has 7 heteroatoms. The molecule has 7 nitrogen and oxygen atoms in total. The van der Waals surface area contributed by atoms with Crippen LogP contribution in [0.5, 0.6) is 11.5 Å². The molecule has 31 heavy (non-hydrogen) atoms. The monoisotopic (exact) mass is 417 g/mol. The van der Waals surface area contributed by atoms with Crippen molar-refractivity contribution in [3.63, 3.8) is 0 Å². The molecule has 3 aromatic rings. The fraction of sp³-hybridized carbons (Fsp3) is 0.125. The summed E-state index contributed by atoms with van der Waals surface area (Å²) < 4.78 is 11.0. The topological polar surface area (TPSA) is 89.0 Å². The Bertz CT molecular complexity index is 1080. The third kappa shape index (κ3) is 6.17. The van der Waals surface area contributed by atoms with Gasteiger partial charge in [-0.15, -0.1) is 0 Å². The van der Waals surface area contributed by atoms with Crippen molar-refractivity contribution in [2.24, 2.45) is 5.10 Å². The molecule has 0 bridgehead atoms. The van der Waals surface area contributed by atoms with Gasteiger partial charge in [-0.2, -0.15) is 5.10 Å². The molecule has 0 aliphatic carbocycles. The fourth-order valence-corrected chi connectivity index (χ4v) is 2.76. The molecule has 0 saturated carbocycles. The number of hydrogen-bond donors (Lipinski definition) is 2. The number of anilines is 1. The van der Waals surface area contributed by atoms with E-state index in [1.807, 2.05) is 61.5 Å². The molecule has 2 amide bonds. The molecule has 0 heterocycles. The number of nitrogens with one attached hydrogen (secondary N) is 2. The van der Waals surface area contributed by atoms with Crippen LogP contribution in [0.3, 0.4) is 0 Å². The summed E-state index contributed by atoms with van der Waals surface area (Å²) in [7, 11) is 1.49. The second-order valence-electron chi connectivity index (χ2n) is 6.67. The van der Waals surface area contributed by atoms with Gasteiger partial charge in [0.25, 0.3) is 0 Å². The van der Waals surface area contributed by atoms with Crippen LogP contribution in [0.1, 0.15) is 16.7 Å². The Balaban J connectivity index is 1.59. The molecule has 0 aliphatic rings. The predicted molar refractivity (Wildman–Crippen MR) is 119 cm³/mol. The van der Waals surface area contributed by atoms with Gasteiger partial charge in [-0.05, 0) is 42.3 Å². The van der Waals surface area contributed by atoms with Crippen LogP contribution < -0.4 is 20.2 Å². The lowest BCUT2D eigenvalue weighted by Crippen LogP contribution is -2.32. The minimum Gasteiger partial charge on any atom is -0.495 e. The first-order chi connectivity index (χ1) is 15.1. The minimum atomic E-state index is -0.900. The zero-order valence-corrected chi connectivity index (χ0v) is 17.3. The third-order valence-electron chi connectivity index (χ3n) is 4.34. The average molecular weight is 417 g/mol. The molecule has 0 spiro atoms. The first kappa shape index (κ1) is 21.6. The smallest absolute Gasteiger partial charge is 0.329 e. The highest BCUT2D eigenvalue weighted by atomic mass is 16.5. The number of hydrogen-bond acceptors (Lipinski definition) is 5. The van der Waals surface area contributed by atoms with Gasteiger partial charge in [-0.3, -0.25) is 9.59 Å². The van der Waals surface area contributed by atoms with E-state index in [1.165, 1.54) is 13.3 Å². The summed E-state index contributed by atoms with van der Waals surface area (Å²) in [6.45, 7) is 2.27. The molecule has 2 N–H and O–H groups in total. The van der Waals surface area contributed by atoms with Crippen molar-refractivity contribution in [1.82, 2.24) is 5.43 Å². The van der Waals surface area contributed by atoms with Crippen LogP contribution >= 0.6 is 0 Å². The van der Waals surface area contributed by atoms with Crippen LogP contribution in [0.4, 0.5) is 5.69 Å². The highest BCUT2D eigenvalue weighted by Gasteiger charge is 2.15. The summed E-state index contributed by atoms with van der Waals surface area (Å²) in [6, 6.07) is 22.3. The Kier molecular flexibility index (Phi) is 7.37. The minimum absolute atomic E-state index is 0.402. The van der Waals surface area contributed by atoms with Crippen molar-refractivity contribution in [3.05, 3.63) is 89.5 Å². The van der Waals surface area contributed by atoms with Gasteiger partial charge in [0.05, 0.1) is 19.0 Å². The molecule has 0 fully saturated rings. The molecule has 0 aliphatic heterocycles. The number of hydrazone groups is 1. The number of carbonyl (C=O) groups is 2. The zero-order chi connectivity index (χ0) is 22.1. The molecule has 0 atom stereocenters. The van der Waals surface area contributed by atoms with E-state index in [4.69, 9.17) is 9.47 Å². The summed E-state index contributed by atoms with van der Waals surface area (Å²) >= 11 is 0. The highest BCUT2D eigenvalue weighted by molar-refractivity contribution is 6.39. The maximum absolute atomic E-state index is 12.2. The van der Waals surface area contributed by atoms with Crippen molar-refractivity contribution in [2.45, 2.75) is 13.5 Å². The lowest BCUT2D eigenvalue weighted by molar-refractivity contribution is -0.136. The zero-order valence-electron chi connectivity index (χ0n) is 17.3.